The number of imide groups is 1. The van der Waals surface area contributed by atoms with Gasteiger partial charge in [0.25, 0.3) is 0 Å². The SMILES string of the molecule is Cn1nc(C2CCC(=O)NC2=O)c2ccc(OC3CCN(C(=O)O)CC3)cc21. The van der Waals surface area contributed by atoms with Crippen LogP contribution in [-0.4, -0.2) is 56.9 Å². The van der Waals surface area contributed by atoms with Crippen LogP contribution in [0.2, 0.25) is 0 Å². The Morgan fingerprint density at radius 3 is 2.68 bits per heavy atom. The van der Waals surface area contributed by atoms with Crippen LogP contribution in [0.5, 0.6) is 5.75 Å². The Bertz CT molecular complexity index is 945. The van der Waals surface area contributed by atoms with Gasteiger partial charge in [0.05, 0.1) is 17.1 Å². The van der Waals surface area contributed by atoms with Crippen molar-refractivity contribution in [2.45, 2.75) is 37.7 Å². The summed E-state index contributed by atoms with van der Waals surface area (Å²) >= 11 is 0. The van der Waals surface area contributed by atoms with Crippen LogP contribution in [0.1, 0.15) is 37.3 Å². The number of aromatic nitrogens is 2. The summed E-state index contributed by atoms with van der Waals surface area (Å²) in [6.07, 6.45) is 1.14. The van der Waals surface area contributed by atoms with Gasteiger partial charge in [-0.05, 0) is 18.6 Å². The lowest BCUT2D eigenvalue weighted by atomic mass is 9.93. The lowest BCUT2D eigenvalue weighted by molar-refractivity contribution is -0.134. The third kappa shape index (κ3) is 3.39. The first-order valence-corrected chi connectivity index (χ1v) is 9.37. The highest BCUT2D eigenvalue weighted by molar-refractivity contribution is 6.02. The van der Waals surface area contributed by atoms with Gasteiger partial charge in [0, 0.05) is 50.9 Å². The average molecular weight is 386 g/mol. The van der Waals surface area contributed by atoms with Gasteiger partial charge in [-0.3, -0.25) is 19.6 Å². The minimum absolute atomic E-state index is 0.0316. The summed E-state index contributed by atoms with van der Waals surface area (Å²) in [6.45, 7) is 0.932. The van der Waals surface area contributed by atoms with Crippen molar-refractivity contribution in [3.05, 3.63) is 23.9 Å². The summed E-state index contributed by atoms with van der Waals surface area (Å²) in [4.78, 5) is 36.0. The molecular formula is C19H22N4O5. The molecule has 148 valence electrons. The number of fused-ring (bicyclic) bond motifs is 1. The predicted molar refractivity (Wildman–Crippen MR) is 99.1 cm³/mol. The van der Waals surface area contributed by atoms with Gasteiger partial charge >= 0.3 is 6.09 Å². The van der Waals surface area contributed by atoms with Crippen molar-refractivity contribution in [3.8, 4) is 5.75 Å². The number of likely N-dealkylation sites (tertiary alicyclic amines) is 1. The predicted octanol–water partition coefficient (Wildman–Crippen LogP) is 1.61. The minimum Gasteiger partial charge on any atom is -0.490 e. The summed E-state index contributed by atoms with van der Waals surface area (Å²) < 4.78 is 7.77. The largest absolute Gasteiger partial charge is 0.490 e. The van der Waals surface area contributed by atoms with Crippen molar-refractivity contribution in [2.24, 2.45) is 7.05 Å². The molecule has 0 bridgehead atoms. The first kappa shape index (κ1) is 18.3. The number of hydrogen-bond donors (Lipinski definition) is 2. The molecule has 2 fully saturated rings. The van der Waals surface area contributed by atoms with E-state index in [0.717, 1.165) is 10.9 Å². The molecule has 1 atom stereocenters. The molecular weight excluding hydrogens is 364 g/mol. The van der Waals surface area contributed by atoms with Crippen LogP contribution >= 0.6 is 0 Å². The molecule has 9 nitrogen and oxygen atoms in total. The van der Waals surface area contributed by atoms with Crippen molar-refractivity contribution in [2.75, 3.05) is 13.1 Å². The summed E-state index contributed by atoms with van der Waals surface area (Å²) in [6, 6.07) is 5.63. The number of nitrogens with zero attached hydrogens (tertiary/aromatic N) is 3. The van der Waals surface area contributed by atoms with Crippen molar-refractivity contribution in [1.29, 1.82) is 0 Å². The van der Waals surface area contributed by atoms with E-state index in [1.807, 2.05) is 25.2 Å². The molecule has 2 aliphatic rings. The van der Waals surface area contributed by atoms with Gasteiger partial charge in [0.1, 0.15) is 11.9 Å². The summed E-state index contributed by atoms with van der Waals surface area (Å²) in [5.41, 5.74) is 1.52. The molecule has 1 unspecified atom stereocenters. The second-order valence-corrected chi connectivity index (χ2v) is 7.28. The number of aryl methyl sites for hydroxylation is 1. The fraction of sp³-hybridized carbons (Fsp3) is 0.474. The molecule has 0 saturated carbocycles. The van der Waals surface area contributed by atoms with E-state index in [2.05, 4.69) is 10.4 Å². The molecule has 3 amide bonds. The number of benzene rings is 1. The maximum absolute atomic E-state index is 12.2. The molecule has 9 heteroatoms. The van der Waals surface area contributed by atoms with Crippen molar-refractivity contribution in [1.82, 2.24) is 20.0 Å². The molecule has 0 radical (unpaired) electrons. The third-order valence-corrected chi connectivity index (χ3v) is 5.44. The Morgan fingerprint density at radius 1 is 1.25 bits per heavy atom. The number of piperidine rings is 2. The van der Waals surface area contributed by atoms with Crippen LogP contribution in [0, 0.1) is 0 Å². The van der Waals surface area contributed by atoms with Crippen LogP contribution in [-0.2, 0) is 16.6 Å². The Morgan fingerprint density at radius 2 is 2.00 bits per heavy atom. The monoisotopic (exact) mass is 386 g/mol. The molecule has 28 heavy (non-hydrogen) atoms. The normalized spacial score (nSPS) is 21.0. The van der Waals surface area contributed by atoms with E-state index < -0.39 is 12.0 Å². The highest BCUT2D eigenvalue weighted by Crippen LogP contribution is 2.32. The van der Waals surface area contributed by atoms with Crippen LogP contribution in [0.3, 0.4) is 0 Å². The number of ether oxygens (including phenoxy) is 1. The van der Waals surface area contributed by atoms with E-state index >= 15 is 0 Å². The van der Waals surface area contributed by atoms with E-state index in [1.54, 1.807) is 4.68 Å². The number of amides is 3. The van der Waals surface area contributed by atoms with E-state index in [1.165, 1.54) is 4.90 Å². The lowest BCUT2D eigenvalue weighted by Crippen LogP contribution is -2.41. The Hall–Kier alpha value is -3.10. The quantitative estimate of drug-likeness (QED) is 0.775. The summed E-state index contributed by atoms with van der Waals surface area (Å²) in [5.74, 6) is -0.291. The average Bonchev–Trinajstić information content (AvgIpc) is 2.98. The van der Waals surface area contributed by atoms with Crippen LogP contribution in [0.25, 0.3) is 10.9 Å². The Kier molecular flexibility index (Phi) is 4.66. The van der Waals surface area contributed by atoms with E-state index in [9.17, 15) is 14.4 Å². The van der Waals surface area contributed by atoms with Gasteiger partial charge in [-0.25, -0.2) is 4.79 Å². The summed E-state index contributed by atoms with van der Waals surface area (Å²) in [7, 11) is 1.81. The molecule has 2 saturated heterocycles. The van der Waals surface area contributed by atoms with Gasteiger partial charge in [-0.2, -0.15) is 5.10 Å². The van der Waals surface area contributed by atoms with Crippen LogP contribution in [0.4, 0.5) is 4.79 Å². The molecule has 0 aliphatic carbocycles. The highest BCUT2D eigenvalue weighted by Gasteiger charge is 2.31. The number of rotatable bonds is 3. The Balaban J connectivity index is 1.52. The Labute approximate surface area is 161 Å². The molecule has 2 aromatic rings. The first-order chi connectivity index (χ1) is 13.4. The van der Waals surface area contributed by atoms with Crippen molar-refractivity contribution in [3.63, 3.8) is 0 Å². The second-order valence-electron chi connectivity index (χ2n) is 7.28. The zero-order valence-electron chi connectivity index (χ0n) is 15.6. The number of carboxylic acid groups (broad SMARTS) is 1. The van der Waals surface area contributed by atoms with Gasteiger partial charge in [0.2, 0.25) is 11.8 Å². The van der Waals surface area contributed by atoms with Crippen molar-refractivity contribution < 1.29 is 24.2 Å². The second kappa shape index (κ2) is 7.14. The van der Waals surface area contributed by atoms with Crippen LogP contribution < -0.4 is 10.1 Å². The first-order valence-electron chi connectivity index (χ1n) is 9.37. The van der Waals surface area contributed by atoms with Gasteiger partial charge < -0.3 is 14.7 Å². The molecule has 2 aliphatic heterocycles. The van der Waals surface area contributed by atoms with Gasteiger partial charge in [-0.15, -0.1) is 0 Å². The molecule has 3 heterocycles. The zero-order valence-corrected chi connectivity index (χ0v) is 15.6. The maximum Gasteiger partial charge on any atom is 0.407 e. The van der Waals surface area contributed by atoms with Crippen LogP contribution in [0.15, 0.2) is 18.2 Å². The number of nitrogens with one attached hydrogen (secondary N) is 1. The van der Waals surface area contributed by atoms with Crippen molar-refractivity contribution >= 4 is 28.8 Å². The standard InChI is InChI=1S/C19H22N4O5/c1-22-15-10-12(28-11-6-8-23(9-7-11)19(26)27)2-3-13(15)17(21-22)14-4-5-16(24)20-18(14)25/h2-3,10-11,14H,4-9H2,1H3,(H,26,27)(H,20,24,25). The number of carbonyl (C=O) groups excluding carboxylic acids is 2. The number of carbonyl (C=O) groups is 3. The molecule has 0 spiro atoms. The highest BCUT2D eigenvalue weighted by atomic mass is 16.5. The molecule has 1 aromatic carbocycles. The summed E-state index contributed by atoms with van der Waals surface area (Å²) in [5, 5.41) is 16.8. The minimum atomic E-state index is -0.893. The molecule has 4 rings (SSSR count). The van der Waals surface area contributed by atoms with E-state index in [4.69, 9.17) is 9.84 Å². The smallest absolute Gasteiger partial charge is 0.407 e. The lowest BCUT2D eigenvalue weighted by Gasteiger charge is -2.30. The molecule has 2 N–H and O–H groups in total. The number of hydrogen-bond acceptors (Lipinski definition) is 5. The van der Waals surface area contributed by atoms with Gasteiger partial charge in [-0.1, -0.05) is 0 Å². The maximum atomic E-state index is 12.2. The molecule has 1 aromatic heterocycles. The van der Waals surface area contributed by atoms with Gasteiger partial charge in [0.15, 0.2) is 0 Å². The topological polar surface area (TPSA) is 114 Å². The fourth-order valence-corrected chi connectivity index (χ4v) is 3.91. The van der Waals surface area contributed by atoms with E-state index in [0.29, 0.717) is 50.2 Å². The van der Waals surface area contributed by atoms with E-state index in [-0.39, 0.29) is 17.9 Å². The zero-order chi connectivity index (χ0) is 19.8. The third-order valence-electron chi connectivity index (χ3n) is 5.44. The fourth-order valence-electron chi connectivity index (χ4n) is 3.91.